The summed E-state index contributed by atoms with van der Waals surface area (Å²) in [4.78, 5) is 37.7. The molecule has 5 aliphatic rings. The minimum Gasteiger partial charge on any atom is -0.455 e. The number of anilines is 2. The number of rotatable bonds is 13. The molecule has 2 aromatic heterocycles. The Morgan fingerprint density at radius 2 is 1.78 bits per heavy atom. The number of ether oxygens (including phenoxy) is 2. The maximum Gasteiger partial charge on any atom is 0.293 e. The number of hydrogen-bond donors (Lipinski definition) is 3. The topological polar surface area (TPSA) is 172 Å². The van der Waals surface area contributed by atoms with Gasteiger partial charge in [-0.15, -0.1) is 0 Å². The van der Waals surface area contributed by atoms with Gasteiger partial charge in [-0.2, -0.15) is 0 Å². The van der Waals surface area contributed by atoms with Gasteiger partial charge in [0.1, 0.15) is 22.8 Å². The van der Waals surface area contributed by atoms with Crippen LogP contribution in [0, 0.1) is 27.4 Å². The fourth-order valence-corrected chi connectivity index (χ4v) is 11.7. The summed E-state index contributed by atoms with van der Waals surface area (Å²) in [6.45, 7) is 7.03. The third kappa shape index (κ3) is 8.62. The summed E-state index contributed by atoms with van der Waals surface area (Å²) in [6, 6.07) is 22.8. The van der Waals surface area contributed by atoms with E-state index in [2.05, 4.69) is 61.0 Å². The molecular weight excluding hydrogens is 819 g/mol. The number of carbonyl (C=O) groups excluding carboxylic acids is 1. The first-order valence-electron chi connectivity index (χ1n) is 22.5. The van der Waals surface area contributed by atoms with E-state index in [0.717, 1.165) is 68.4 Å². The monoisotopic (exact) mass is 873 g/mol. The van der Waals surface area contributed by atoms with Crippen LogP contribution in [0.15, 0.2) is 90.1 Å². The van der Waals surface area contributed by atoms with Crippen LogP contribution >= 0.6 is 0 Å². The summed E-state index contributed by atoms with van der Waals surface area (Å²) >= 11 is 0. The number of nitro benzene ring substituents is 1. The van der Waals surface area contributed by atoms with Crippen molar-refractivity contribution in [1.82, 2.24) is 19.6 Å². The maximum absolute atomic E-state index is 14.0. The van der Waals surface area contributed by atoms with Crippen LogP contribution in [0.4, 0.5) is 17.1 Å². The van der Waals surface area contributed by atoms with E-state index in [-0.39, 0.29) is 22.9 Å². The van der Waals surface area contributed by atoms with Gasteiger partial charge in [-0.25, -0.2) is 18.1 Å². The van der Waals surface area contributed by atoms with Gasteiger partial charge >= 0.3 is 0 Å². The number of amides is 1. The highest BCUT2D eigenvalue weighted by atomic mass is 32.2. The molecule has 2 aliphatic carbocycles. The number of H-pyrrole nitrogens is 1. The third-order valence-corrected chi connectivity index (χ3v) is 15.7. The number of nitrogens with zero attached hydrogens (tertiary/aromatic N) is 4. The van der Waals surface area contributed by atoms with Crippen LogP contribution < -0.4 is 19.7 Å². The number of aromatic amines is 1. The van der Waals surface area contributed by atoms with E-state index in [4.69, 9.17) is 9.47 Å². The predicted molar refractivity (Wildman–Crippen MR) is 241 cm³/mol. The Bertz CT molecular complexity index is 2630. The van der Waals surface area contributed by atoms with Gasteiger partial charge in [0.15, 0.2) is 0 Å². The smallest absolute Gasteiger partial charge is 0.293 e. The molecule has 14 nitrogen and oxygen atoms in total. The quantitative estimate of drug-likeness (QED) is 0.0762. The second kappa shape index (κ2) is 16.9. The van der Waals surface area contributed by atoms with Gasteiger partial charge in [-0.05, 0) is 128 Å². The largest absolute Gasteiger partial charge is 0.455 e. The lowest BCUT2D eigenvalue weighted by Crippen LogP contribution is -2.55. The third-order valence-electron chi connectivity index (χ3n) is 14.4. The summed E-state index contributed by atoms with van der Waals surface area (Å²) < 4.78 is 41.3. The Hall–Kier alpha value is -5.51. The molecule has 5 fully saturated rings. The average molecular weight is 874 g/mol. The van der Waals surface area contributed by atoms with Crippen molar-refractivity contribution in [3.63, 3.8) is 0 Å². The predicted octanol–water partition coefficient (Wildman–Crippen LogP) is 8.93. The zero-order valence-corrected chi connectivity index (χ0v) is 36.4. The van der Waals surface area contributed by atoms with Gasteiger partial charge < -0.3 is 24.7 Å². The maximum atomic E-state index is 14.0. The molecule has 3 aliphatic heterocycles. The van der Waals surface area contributed by atoms with Crippen molar-refractivity contribution in [1.29, 1.82) is 0 Å². The van der Waals surface area contributed by atoms with Gasteiger partial charge in [-0.1, -0.05) is 31.2 Å². The summed E-state index contributed by atoms with van der Waals surface area (Å²) in [6.07, 6.45) is 13.4. The lowest BCUT2D eigenvalue weighted by molar-refractivity contribution is -0.384. The van der Waals surface area contributed by atoms with Gasteiger partial charge in [-0.3, -0.25) is 19.8 Å². The molecule has 2 saturated carbocycles. The Labute approximate surface area is 367 Å². The normalized spacial score (nSPS) is 22.0. The first-order chi connectivity index (χ1) is 30.5. The SMILES string of the molecule is CC1CC(c2ccccc2C2CC2)N(C2CC3(CCN(c4ccc(C(=O)NS(=O)(=O)c5ccc(NCC6CCOCC6)c([N+](=O)[O-])c5)c(Oc5cnc6[nH]ccc6c5)c4)CC3)C2)C1. The number of nitrogens with one attached hydrogen (secondary N) is 3. The second-order valence-corrected chi connectivity index (χ2v) is 20.4. The standard InChI is InChI=1S/C48H55N7O7S/c1-31-22-43(40-5-3-2-4-39(40)33-6-7-33)54(30-31)36-26-48(27-36)15-18-53(19-16-48)35-8-10-41(45(24-35)62-37-23-34-12-17-49-46(34)51-29-37)47(56)52-63(59,60)38-9-11-42(44(25-38)55(57)58)50-28-32-13-20-61-21-14-32/h2-5,8-12,17,23-25,29,31-33,36,43,50H,6-7,13-16,18-22,26-28,30H2,1H3,(H,49,51)(H,52,56). The lowest BCUT2D eigenvalue weighted by atomic mass is 9.59. The number of piperidine rings is 1. The Morgan fingerprint density at radius 1 is 1.00 bits per heavy atom. The van der Waals surface area contributed by atoms with Crippen molar-refractivity contribution in [2.75, 3.05) is 49.6 Å². The van der Waals surface area contributed by atoms with E-state index in [0.29, 0.717) is 54.6 Å². The molecule has 3 aromatic carbocycles. The van der Waals surface area contributed by atoms with Crippen LogP contribution in [0.2, 0.25) is 0 Å². The first kappa shape index (κ1) is 41.5. The summed E-state index contributed by atoms with van der Waals surface area (Å²) in [5.41, 5.74) is 4.79. The molecule has 15 heteroatoms. The molecule has 63 heavy (non-hydrogen) atoms. The van der Waals surface area contributed by atoms with Crippen molar-refractivity contribution in [2.45, 2.75) is 87.6 Å². The second-order valence-electron chi connectivity index (χ2n) is 18.7. The highest BCUT2D eigenvalue weighted by Gasteiger charge is 2.51. The Morgan fingerprint density at radius 3 is 2.54 bits per heavy atom. The van der Waals surface area contributed by atoms with E-state index in [1.54, 1.807) is 41.7 Å². The van der Waals surface area contributed by atoms with Crippen LogP contribution in [0.5, 0.6) is 11.5 Å². The van der Waals surface area contributed by atoms with Crippen LogP contribution in [0.3, 0.4) is 0 Å². The van der Waals surface area contributed by atoms with E-state index < -0.39 is 31.4 Å². The summed E-state index contributed by atoms with van der Waals surface area (Å²) in [7, 11) is -4.54. The average Bonchev–Trinajstić information content (AvgIpc) is 3.90. The Balaban J connectivity index is 0.843. The van der Waals surface area contributed by atoms with Crippen molar-refractivity contribution in [3.8, 4) is 11.5 Å². The molecule has 2 unspecified atom stereocenters. The molecule has 3 saturated heterocycles. The molecule has 5 heterocycles. The molecule has 1 amide bonds. The number of benzene rings is 3. The zero-order chi connectivity index (χ0) is 43.3. The number of fused-ring (bicyclic) bond motifs is 1. The van der Waals surface area contributed by atoms with Gasteiger partial charge in [0, 0.05) is 80.9 Å². The molecule has 0 bridgehead atoms. The molecule has 1 spiro atoms. The number of aromatic nitrogens is 2. The van der Waals surface area contributed by atoms with Crippen molar-refractivity contribution < 1.29 is 27.6 Å². The highest BCUT2D eigenvalue weighted by Crippen LogP contribution is 2.55. The fourth-order valence-electron chi connectivity index (χ4n) is 10.7. The number of likely N-dealkylation sites (tertiary alicyclic amines) is 1. The van der Waals surface area contributed by atoms with Gasteiger partial charge in [0.05, 0.1) is 21.6 Å². The summed E-state index contributed by atoms with van der Waals surface area (Å²) in [5, 5.41) is 16.0. The number of sulfonamides is 1. The van der Waals surface area contributed by atoms with Crippen molar-refractivity contribution >= 4 is 44.0 Å². The van der Waals surface area contributed by atoms with Crippen LogP contribution in [0.25, 0.3) is 11.0 Å². The van der Waals surface area contributed by atoms with Crippen molar-refractivity contribution in [2.24, 2.45) is 17.3 Å². The van der Waals surface area contributed by atoms with Crippen LogP contribution in [-0.4, -0.2) is 79.6 Å². The number of nitro groups is 1. The number of carbonyl (C=O) groups is 1. The van der Waals surface area contributed by atoms with Crippen LogP contribution in [-0.2, 0) is 14.8 Å². The molecule has 0 radical (unpaired) electrons. The lowest BCUT2D eigenvalue weighted by Gasteiger charge is -2.56. The summed E-state index contributed by atoms with van der Waals surface area (Å²) in [5.74, 6) is 1.32. The minimum atomic E-state index is -4.54. The number of pyridine rings is 1. The molecule has 330 valence electrons. The van der Waals surface area contributed by atoms with E-state index in [1.807, 2.05) is 12.1 Å². The molecule has 3 N–H and O–H groups in total. The number of hydrogen-bond acceptors (Lipinski definition) is 11. The van der Waals surface area contributed by atoms with E-state index in [1.165, 1.54) is 44.2 Å². The molecule has 10 rings (SSSR count). The Kier molecular flexibility index (Phi) is 11.1. The van der Waals surface area contributed by atoms with Crippen LogP contribution in [0.1, 0.15) is 98.2 Å². The highest BCUT2D eigenvalue weighted by molar-refractivity contribution is 7.90. The van der Waals surface area contributed by atoms with E-state index in [9.17, 15) is 23.3 Å². The van der Waals surface area contributed by atoms with Gasteiger partial charge in [0.25, 0.3) is 21.6 Å². The molecule has 2 atom stereocenters. The zero-order valence-electron chi connectivity index (χ0n) is 35.6. The van der Waals surface area contributed by atoms with Gasteiger partial charge in [0.2, 0.25) is 0 Å². The van der Waals surface area contributed by atoms with Crippen molar-refractivity contribution in [3.05, 3.63) is 112 Å². The fraction of sp³-hybridized carbons (Fsp3) is 0.458. The minimum absolute atomic E-state index is 0.00583. The van der Waals surface area contributed by atoms with E-state index >= 15 is 0 Å². The first-order valence-corrected chi connectivity index (χ1v) is 24.0. The molecular formula is C48H55N7O7S. The molecule has 5 aromatic rings.